The van der Waals surface area contributed by atoms with Crippen LogP contribution in [-0.4, -0.2) is 57.9 Å². The Morgan fingerprint density at radius 2 is 1.84 bits per heavy atom. The zero-order valence-electron chi connectivity index (χ0n) is 17.9. The van der Waals surface area contributed by atoms with Crippen LogP contribution in [0.1, 0.15) is 13.8 Å². The Morgan fingerprint density at radius 1 is 1.06 bits per heavy atom. The molecule has 9 heteroatoms. The smallest absolute Gasteiger partial charge is 0.373 e. The molecule has 0 fully saturated rings. The first kappa shape index (κ1) is 21.4. The minimum absolute atomic E-state index is 0.323. The Balaban J connectivity index is 1.59. The van der Waals surface area contributed by atoms with Gasteiger partial charge in [0.05, 0.1) is 11.2 Å². The van der Waals surface area contributed by atoms with Gasteiger partial charge in [0, 0.05) is 35.6 Å². The van der Waals surface area contributed by atoms with Crippen molar-refractivity contribution in [1.82, 2.24) is 20.1 Å². The lowest BCUT2D eigenvalue weighted by Gasteiger charge is -2.17. The first-order valence-electron chi connectivity index (χ1n) is 10.3. The molecule has 164 valence electrons. The highest BCUT2D eigenvalue weighted by atomic mass is 31.2. The molecule has 0 saturated carbocycles. The van der Waals surface area contributed by atoms with Crippen LogP contribution in [0.4, 0.5) is 0 Å². The monoisotopic (exact) mass is 442 g/mol. The van der Waals surface area contributed by atoms with E-state index in [1.807, 2.05) is 24.3 Å². The van der Waals surface area contributed by atoms with Crippen molar-refractivity contribution in [2.45, 2.75) is 13.8 Å². The van der Waals surface area contributed by atoms with Crippen molar-refractivity contribution in [3.8, 4) is 22.9 Å². The molecule has 0 bridgehead atoms. The van der Waals surface area contributed by atoms with E-state index in [9.17, 15) is 9.46 Å². The van der Waals surface area contributed by atoms with Gasteiger partial charge in [0.1, 0.15) is 23.8 Å². The summed E-state index contributed by atoms with van der Waals surface area (Å²) in [6.07, 6.45) is 0. The van der Waals surface area contributed by atoms with Crippen molar-refractivity contribution >= 4 is 29.4 Å². The number of aromatic nitrogens is 3. The summed E-state index contributed by atoms with van der Waals surface area (Å²) >= 11 is 0. The number of hydrogen-bond acceptors (Lipinski definition) is 5. The lowest BCUT2D eigenvalue weighted by Crippen LogP contribution is -2.27. The van der Waals surface area contributed by atoms with Crippen molar-refractivity contribution in [1.29, 1.82) is 0 Å². The predicted molar refractivity (Wildman–Crippen MR) is 123 cm³/mol. The molecule has 0 saturated heterocycles. The predicted octanol–water partition coefficient (Wildman–Crippen LogP) is 4.63. The molecule has 3 N–H and O–H groups in total. The summed E-state index contributed by atoms with van der Waals surface area (Å²) in [5, 5.41) is 9.27. The maximum absolute atomic E-state index is 11.6. The van der Waals surface area contributed by atoms with Gasteiger partial charge in [-0.1, -0.05) is 13.8 Å². The van der Waals surface area contributed by atoms with Gasteiger partial charge in [-0.15, -0.1) is 0 Å². The largest absolute Gasteiger partial charge is 0.492 e. The zero-order chi connectivity index (χ0) is 22.0. The summed E-state index contributed by atoms with van der Waals surface area (Å²) in [5.74, 6) is 1.14. The van der Waals surface area contributed by atoms with Crippen LogP contribution in [0.2, 0.25) is 0 Å². The van der Waals surface area contributed by atoms with Crippen LogP contribution in [0.3, 0.4) is 0 Å². The Bertz CT molecular complexity index is 1240. The normalized spacial score (nSPS) is 13.7. The molecule has 8 nitrogen and oxygen atoms in total. The summed E-state index contributed by atoms with van der Waals surface area (Å²) in [7, 11) is -3.64. The van der Waals surface area contributed by atoms with E-state index in [0.29, 0.717) is 18.1 Å². The second-order valence-electron chi connectivity index (χ2n) is 7.48. The molecular formula is C22H27N4O4P. The van der Waals surface area contributed by atoms with Crippen LogP contribution in [0.15, 0.2) is 42.5 Å². The molecule has 0 aliphatic heterocycles. The van der Waals surface area contributed by atoms with Crippen molar-refractivity contribution < 1.29 is 18.7 Å². The molecule has 1 unspecified atom stereocenters. The van der Waals surface area contributed by atoms with Crippen LogP contribution in [0, 0.1) is 0 Å². The average molecular weight is 442 g/mol. The summed E-state index contributed by atoms with van der Waals surface area (Å²) < 4.78 is 22.7. The van der Waals surface area contributed by atoms with Gasteiger partial charge < -0.3 is 24.0 Å². The van der Waals surface area contributed by atoms with Gasteiger partial charge in [-0.3, -0.25) is 5.10 Å². The number of benzene rings is 2. The lowest BCUT2D eigenvalue weighted by atomic mass is 10.1. The third-order valence-electron chi connectivity index (χ3n) is 5.23. The number of ether oxygens (including phenoxy) is 1. The lowest BCUT2D eigenvalue weighted by molar-refractivity contribution is 0.223. The molecule has 0 aliphatic rings. The molecule has 0 amide bonds. The van der Waals surface area contributed by atoms with E-state index >= 15 is 0 Å². The van der Waals surface area contributed by atoms with Crippen LogP contribution in [-0.2, 0) is 4.57 Å². The van der Waals surface area contributed by atoms with Crippen LogP contribution >= 0.6 is 7.60 Å². The molecule has 0 aliphatic carbocycles. The topological polar surface area (TPSA) is 103 Å². The highest BCUT2D eigenvalue weighted by molar-refractivity contribution is 7.52. The number of likely N-dealkylation sites (N-methyl/N-ethyl adjacent to an activating group) is 1. The van der Waals surface area contributed by atoms with Gasteiger partial charge in [-0.25, -0.2) is 4.57 Å². The number of nitrogens with zero attached hydrogens (tertiary/aromatic N) is 2. The number of fused-ring (bicyclic) bond motifs is 2. The quantitative estimate of drug-likeness (QED) is 0.327. The Labute approximate surface area is 180 Å². The van der Waals surface area contributed by atoms with E-state index < -0.39 is 7.60 Å². The first-order valence-corrected chi connectivity index (χ1v) is 12.3. The molecule has 1 atom stereocenters. The molecule has 0 spiro atoms. The summed E-state index contributed by atoms with van der Waals surface area (Å²) in [6, 6.07) is 13.1. The Hall–Kier alpha value is -2.80. The highest BCUT2D eigenvalue weighted by Crippen LogP contribution is 2.40. The second-order valence-corrected chi connectivity index (χ2v) is 9.27. The zero-order valence-corrected chi connectivity index (χ0v) is 18.8. The van der Waals surface area contributed by atoms with E-state index in [2.05, 4.69) is 33.9 Å². The van der Waals surface area contributed by atoms with E-state index in [0.717, 1.165) is 59.5 Å². The van der Waals surface area contributed by atoms with Gasteiger partial charge in [-0.2, -0.15) is 5.10 Å². The number of rotatable bonds is 9. The third kappa shape index (κ3) is 4.93. The number of nitrogens with one attached hydrogen (secondary N) is 2. The van der Waals surface area contributed by atoms with Gasteiger partial charge in [-0.05, 0) is 49.5 Å². The van der Waals surface area contributed by atoms with Gasteiger partial charge in [0.15, 0.2) is 0 Å². The van der Waals surface area contributed by atoms with Crippen molar-refractivity contribution in [2.24, 2.45) is 0 Å². The van der Waals surface area contributed by atoms with E-state index in [4.69, 9.17) is 9.26 Å². The number of aromatic amines is 2. The molecule has 0 radical (unpaired) electrons. The summed E-state index contributed by atoms with van der Waals surface area (Å²) in [5.41, 5.74) is 3.31. The molecule has 2 heterocycles. The maximum Gasteiger partial charge on any atom is 0.373 e. The van der Waals surface area contributed by atoms with Gasteiger partial charge >= 0.3 is 7.60 Å². The van der Waals surface area contributed by atoms with Gasteiger partial charge in [0.2, 0.25) is 0 Å². The number of H-pyrrole nitrogens is 2. The maximum atomic E-state index is 11.6. The van der Waals surface area contributed by atoms with E-state index in [1.165, 1.54) is 0 Å². The fourth-order valence-corrected chi connectivity index (χ4v) is 4.11. The van der Waals surface area contributed by atoms with Crippen molar-refractivity contribution in [3.63, 3.8) is 0 Å². The number of hydrogen-bond donors (Lipinski definition) is 3. The van der Waals surface area contributed by atoms with Crippen LogP contribution < -0.4 is 9.26 Å². The minimum Gasteiger partial charge on any atom is -0.492 e. The van der Waals surface area contributed by atoms with Crippen LogP contribution in [0.25, 0.3) is 33.2 Å². The molecule has 2 aromatic carbocycles. The standard InChI is InChI=1S/C22H27N4O4P/c1-4-26(5-2)10-11-29-16-7-6-15-12-21(23-20(15)14-16)22-18-13-17(30-31(3,27)28)8-9-19(18)24-25-22/h6-9,12-14,23H,4-5,10-11H2,1-3H3,(H,24,25)(H,27,28). The average Bonchev–Trinajstić information content (AvgIpc) is 3.33. The fourth-order valence-electron chi connectivity index (χ4n) is 3.61. The Morgan fingerprint density at radius 3 is 2.58 bits per heavy atom. The SMILES string of the molecule is CCN(CC)CCOc1ccc2cc(-c3n[nH]c4ccc(OP(C)(=O)O)cc34)[nH]c2c1. The van der Waals surface area contributed by atoms with Crippen molar-refractivity contribution in [2.75, 3.05) is 32.9 Å². The third-order valence-corrected chi connectivity index (χ3v) is 5.78. The molecule has 4 rings (SSSR count). The summed E-state index contributed by atoms with van der Waals surface area (Å²) in [4.78, 5) is 15.2. The van der Waals surface area contributed by atoms with E-state index in [1.54, 1.807) is 18.2 Å². The summed E-state index contributed by atoms with van der Waals surface area (Å²) in [6.45, 7) is 9.01. The van der Waals surface area contributed by atoms with E-state index in [-0.39, 0.29) is 0 Å². The van der Waals surface area contributed by atoms with Gasteiger partial charge in [0.25, 0.3) is 0 Å². The minimum atomic E-state index is -3.64. The van der Waals surface area contributed by atoms with Crippen LogP contribution in [0.5, 0.6) is 11.5 Å². The highest BCUT2D eigenvalue weighted by Gasteiger charge is 2.16. The molecule has 4 aromatic rings. The molecular weight excluding hydrogens is 415 g/mol. The Kier molecular flexibility index (Phi) is 6.05. The molecule has 31 heavy (non-hydrogen) atoms. The first-order chi connectivity index (χ1) is 14.9. The fraction of sp³-hybridized carbons (Fsp3) is 0.318. The second kappa shape index (κ2) is 8.75. The molecule has 2 aromatic heterocycles. The van der Waals surface area contributed by atoms with Crippen molar-refractivity contribution in [3.05, 3.63) is 42.5 Å².